The van der Waals surface area contributed by atoms with E-state index in [4.69, 9.17) is 5.73 Å². The minimum Gasteiger partial charge on any atom is -0.381 e. The highest BCUT2D eigenvalue weighted by Gasteiger charge is 2.22. The van der Waals surface area contributed by atoms with Crippen LogP contribution in [0.3, 0.4) is 0 Å². The highest BCUT2D eigenvalue weighted by atomic mass is 16.2. The standard InChI is InChI=1S/C23H19N9O2/c1-13(27-23(34)18-19(24)30-32-10-4-9-25-21(18)32)20-28-16-6-3-5-15(17(16)22(33)29-20)8-7-14-11-26-31(2)12-14/h3-6,9-13H,1-2H3,(H2,24,30)(H,27,34)(H,28,29,33)/t13-/m1/s1. The first kappa shape index (κ1) is 20.9. The van der Waals surface area contributed by atoms with Gasteiger partial charge >= 0.3 is 0 Å². The molecule has 0 bridgehead atoms. The molecule has 11 nitrogen and oxygen atoms in total. The van der Waals surface area contributed by atoms with Gasteiger partial charge in [0.15, 0.2) is 11.5 Å². The molecule has 0 aliphatic carbocycles. The number of H-pyrrole nitrogens is 1. The maximum Gasteiger partial charge on any atom is 0.260 e. The van der Waals surface area contributed by atoms with Gasteiger partial charge in [-0.1, -0.05) is 17.9 Å². The molecule has 4 N–H and O–H groups in total. The molecule has 0 fully saturated rings. The molecule has 0 radical (unpaired) electrons. The Morgan fingerprint density at radius 3 is 2.91 bits per heavy atom. The monoisotopic (exact) mass is 453 g/mol. The van der Waals surface area contributed by atoms with E-state index in [1.165, 1.54) is 4.52 Å². The number of carbonyl (C=O) groups is 1. The minimum atomic E-state index is -0.618. The number of amides is 1. The van der Waals surface area contributed by atoms with E-state index in [0.717, 1.165) is 5.56 Å². The number of aromatic nitrogens is 7. The number of nitrogens with two attached hydrogens (primary N) is 1. The summed E-state index contributed by atoms with van der Waals surface area (Å²) in [5.41, 5.74) is 7.82. The summed E-state index contributed by atoms with van der Waals surface area (Å²) in [5.74, 6) is 5.90. The molecular weight excluding hydrogens is 434 g/mol. The van der Waals surface area contributed by atoms with Crippen molar-refractivity contribution in [2.75, 3.05) is 5.73 Å². The molecule has 1 atom stereocenters. The molecule has 11 heteroatoms. The number of carbonyl (C=O) groups excluding carboxylic acids is 1. The Bertz CT molecular complexity index is 1680. The zero-order valence-corrected chi connectivity index (χ0v) is 18.3. The summed E-state index contributed by atoms with van der Waals surface area (Å²) in [6, 6.07) is 6.33. The van der Waals surface area contributed by atoms with Gasteiger partial charge in [-0.3, -0.25) is 14.3 Å². The lowest BCUT2D eigenvalue weighted by Crippen LogP contribution is -2.30. The fraction of sp³-hybridized carbons (Fsp3) is 0.130. The molecule has 0 aliphatic heterocycles. The maximum atomic E-state index is 12.9. The second-order valence-electron chi connectivity index (χ2n) is 7.65. The van der Waals surface area contributed by atoms with E-state index >= 15 is 0 Å². The van der Waals surface area contributed by atoms with Crippen molar-refractivity contribution in [2.24, 2.45) is 7.05 Å². The van der Waals surface area contributed by atoms with Crippen molar-refractivity contribution in [3.05, 3.63) is 81.9 Å². The van der Waals surface area contributed by atoms with E-state index in [9.17, 15) is 9.59 Å². The zero-order chi connectivity index (χ0) is 23.8. The fourth-order valence-electron chi connectivity index (χ4n) is 3.60. The third-order valence-corrected chi connectivity index (χ3v) is 5.21. The predicted molar refractivity (Wildman–Crippen MR) is 125 cm³/mol. The number of fused-ring (bicyclic) bond motifs is 2. The normalized spacial score (nSPS) is 11.8. The van der Waals surface area contributed by atoms with Crippen molar-refractivity contribution in [2.45, 2.75) is 13.0 Å². The lowest BCUT2D eigenvalue weighted by molar-refractivity contribution is 0.0940. The molecule has 4 aromatic heterocycles. The van der Waals surface area contributed by atoms with Crippen molar-refractivity contribution < 1.29 is 4.79 Å². The number of anilines is 1. The van der Waals surface area contributed by atoms with Gasteiger partial charge in [-0.15, -0.1) is 5.10 Å². The molecule has 4 heterocycles. The highest BCUT2D eigenvalue weighted by molar-refractivity contribution is 6.04. The number of aromatic amines is 1. The van der Waals surface area contributed by atoms with E-state index in [-0.39, 0.29) is 16.9 Å². The average molecular weight is 453 g/mol. The summed E-state index contributed by atoms with van der Waals surface area (Å²) in [4.78, 5) is 37.4. The number of rotatable bonds is 3. The van der Waals surface area contributed by atoms with Crippen molar-refractivity contribution in [1.82, 2.24) is 39.7 Å². The third kappa shape index (κ3) is 3.73. The van der Waals surface area contributed by atoms with E-state index in [1.807, 2.05) is 0 Å². The molecule has 5 aromatic rings. The maximum absolute atomic E-state index is 12.9. The molecule has 5 rings (SSSR count). The molecule has 168 valence electrons. The Hall–Kier alpha value is -4.98. The number of hydrogen-bond acceptors (Lipinski definition) is 7. The second-order valence-corrected chi connectivity index (χ2v) is 7.65. The van der Waals surface area contributed by atoms with Crippen molar-refractivity contribution >= 4 is 28.3 Å². The van der Waals surface area contributed by atoms with Crippen LogP contribution in [0.25, 0.3) is 16.6 Å². The number of nitrogens with zero attached hydrogens (tertiary/aromatic N) is 6. The van der Waals surface area contributed by atoms with Crippen LogP contribution >= 0.6 is 0 Å². The first-order valence-corrected chi connectivity index (χ1v) is 10.3. The Morgan fingerprint density at radius 1 is 1.26 bits per heavy atom. The number of hydrogen-bond donors (Lipinski definition) is 3. The number of nitrogen functional groups attached to an aromatic ring is 1. The average Bonchev–Trinajstić information content (AvgIpc) is 3.38. The summed E-state index contributed by atoms with van der Waals surface area (Å²) in [7, 11) is 1.81. The van der Waals surface area contributed by atoms with E-state index in [1.54, 1.807) is 67.7 Å². The van der Waals surface area contributed by atoms with E-state index in [0.29, 0.717) is 27.9 Å². The van der Waals surface area contributed by atoms with Gasteiger partial charge in [-0.05, 0) is 25.1 Å². The van der Waals surface area contributed by atoms with Gasteiger partial charge in [0.2, 0.25) is 0 Å². The quantitative estimate of drug-likeness (QED) is 0.347. The van der Waals surface area contributed by atoms with Gasteiger partial charge < -0.3 is 16.0 Å². The summed E-state index contributed by atoms with van der Waals surface area (Å²) in [6.45, 7) is 1.71. The van der Waals surface area contributed by atoms with E-state index in [2.05, 4.69) is 42.3 Å². The summed E-state index contributed by atoms with van der Waals surface area (Å²) in [6.07, 6.45) is 6.63. The first-order chi connectivity index (χ1) is 16.4. The smallest absolute Gasteiger partial charge is 0.260 e. The van der Waals surface area contributed by atoms with Crippen LogP contribution in [0.5, 0.6) is 0 Å². The van der Waals surface area contributed by atoms with Gasteiger partial charge in [0, 0.05) is 31.2 Å². The van der Waals surface area contributed by atoms with E-state index < -0.39 is 11.9 Å². The summed E-state index contributed by atoms with van der Waals surface area (Å²) >= 11 is 0. The largest absolute Gasteiger partial charge is 0.381 e. The van der Waals surface area contributed by atoms with Gasteiger partial charge in [0.05, 0.1) is 28.7 Å². The Labute approximate surface area is 192 Å². The van der Waals surface area contributed by atoms with Crippen LogP contribution in [-0.2, 0) is 7.05 Å². The lowest BCUT2D eigenvalue weighted by Gasteiger charge is -2.13. The first-order valence-electron chi connectivity index (χ1n) is 10.3. The molecule has 1 amide bonds. The molecule has 0 saturated heterocycles. The van der Waals surface area contributed by atoms with Crippen LogP contribution in [0.4, 0.5) is 5.82 Å². The van der Waals surface area contributed by atoms with Crippen LogP contribution in [0, 0.1) is 11.8 Å². The zero-order valence-electron chi connectivity index (χ0n) is 18.3. The van der Waals surface area contributed by atoms with Crippen LogP contribution in [0.2, 0.25) is 0 Å². The molecular formula is C23H19N9O2. The Kier molecular flexibility index (Phi) is 5.03. The summed E-state index contributed by atoms with van der Waals surface area (Å²) < 4.78 is 3.08. The van der Waals surface area contributed by atoms with Gasteiger partial charge in [0.25, 0.3) is 11.5 Å². The topological polar surface area (TPSA) is 149 Å². The van der Waals surface area contributed by atoms with Gasteiger partial charge in [0.1, 0.15) is 11.4 Å². The molecule has 0 spiro atoms. The Balaban J connectivity index is 1.46. The van der Waals surface area contributed by atoms with Crippen molar-refractivity contribution in [3.63, 3.8) is 0 Å². The Morgan fingerprint density at radius 2 is 2.12 bits per heavy atom. The third-order valence-electron chi connectivity index (χ3n) is 5.21. The highest BCUT2D eigenvalue weighted by Crippen LogP contribution is 2.18. The minimum absolute atomic E-state index is 0.0557. The number of nitrogens with one attached hydrogen (secondary N) is 2. The predicted octanol–water partition coefficient (Wildman–Crippen LogP) is 1.17. The van der Waals surface area contributed by atoms with Crippen LogP contribution in [-0.4, -0.2) is 40.3 Å². The number of benzene rings is 1. The molecule has 1 aromatic carbocycles. The SMILES string of the molecule is C[C@@H](NC(=O)c1c(N)nn2cccnc12)c1nc2cccc(C#Cc3cnn(C)c3)c2c(=O)[nH]1. The van der Waals surface area contributed by atoms with Gasteiger partial charge in [-0.25, -0.2) is 14.5 Å². The summed E-state index contributed by atoms with van der Waals surface area (Å²) in [5, 5.41) is 11.4. The second kappa shape index (κ2) is 8.18. The van der Waals surface area contributed by atoms with Crippen molar-refractivity contribution in [1.29, 1.82) is 0 Å². The van der Waals surface area contributed by atoms with Crippen LogP contribution < -0.4 is 16.6 Å². The molecule has 0 saturated carbocycles. The van der Waals surface area contributed by atoms with Crippen molar-refractivity contribution in [3.8, 4) is 11.8 Å². The molecule has 34 heavy (non-hydrogen) atoms. The van der Waals surface area contributed by atoms with Crippen LogP contribution in [0.1, 0.15) is 40.3 Å². The molecule has 0 aliphatic rings. The van der Waals surface area contributed by atoms with Crippen LogP contribution in [0.15, 0.2) is 53.8 Å². The van der Waals surface area contributed by atoms with Gasteiger partial charge in [-0.2, -0.15) is 5.10 Å². The lowest BCUT2D eigenvalue weighted by atomic mass is 10.1. The number of aryl methyl sites for hydroxylation is 1. The fourth-order valence-corrected chi connectivity index (χ4v) is 3.60. The molecule has 0 unspecified atom stereocenters.